The summed E-state index contributed by atoms with van der Waals surface area (Å²) in [6.07, 6.45) is 1.51. The maximum Gasteiger partial charge on any atom is 0.336 e. The van der Waals surface area contributed by atoms with Crippen LogP contribution in [0.15, 0.2) is 36.7 Å². The Morgan fingerprint density at radius 2 is 2.12 bits per heavy atom. The fourth-order valence-electron chi connectivity index (χ4n) is 1.15. The first kappa shape index (κ1) is 10.2. The lowest BCUT2D eigenvalue weighted by Gasteiger charge is -1.98. The van der Waals surface area contributed by atoms with Gasteiger partial charge in [0.05, 0.1) is 5.69 Å². The molecule has 1 heterocycles. The molecule has 16 heavy (non-hydrogen) atoms. The minimum absolute atomic E-state index is 0.127. The Bertz CT molecular complexity index is 481. The van der Waals surface area contributed by atoms with Crippen molar-refractivity contribution < 1.29 is 9.53 Å². The zero-order valence-corrected chi connectivity index (χ0v) is 8.41. The van der Waals surface area contributed by atoms with Crippen LogP contribution in [-0.2, 0) is 4.79 Å². The van der Waals surface area contributed by atoms with Crippen LogP contribution in [0.3, 0.4) is 0 Å². The van der Waals surface area contributed by atoms with Crippen molar-refractivity contribution in [2.45, 2.75) is 0 Å². The van der Waals surface area contributed by atoms with Gasteiger partial charge in [0.25, 0.3) is 5.91 Å². The van der Waals surface area contributed by atoms with Crippen molar-refractivity contribution in [1.82, 2.24) is 14.8 Å². The number of benzene rings is 1. The molecule has 1 aromatic carbocycles. The Hall–Kier alpha value is -2.37. The lowest BCUT2D eigenvalue weighted by atomic mass is 10.3. The van der Waals surface area contributed by atoms with Gasteiger partial charge < -0.3 is 10.5 Å². The van der Waals surface area contributed by atoms with E-state index in [0.717, 1.165) is 5.69 Å². The number of ether oxygens (including phenoxy) is 1. The van der Waals surface area contributed by atoms with Crippen molar-refractivity contribution in [3.63, 3.8) is 0 Å². The van der Waals surface area contributed by atoms with Gasteiger partial charge in [0.15, 0.2) is 6.61 Å². The Morgan fingerprint density at radius 3 is 2.81 bits per heavy atom. The zero-order chi connectivity index (χ0) is 11.4. The molecular formula is C10H10N4O2. The van der Waals surface area contributed by atoms with E-state index in [1.165, 1.54) is 6.33 Å². The second kappa shape index (κ2) is 4.43. The maximum absolute atomic E-state index is 10.5. The Morgan fingerprint density at radius 1 is 1.38 bits per heavy atom. The standard InChI is InChI=1S/C10H10N4O2/c11-9(15)6-16-10-12-7-14(13-10)8-4-2-1-3-5-8/h1-5,7H,6H2,(H2,11,15). The normalized spacial score (nSPS) is 10.0. The highest BCUT2D eigenvalue weighted by Gasteiger charge is 2.04. The van der Waals surface area contributed by atoms with Gasteiger partial charge in [-0.1, -0.05) is 18.2 Å². The summed E-state index contributed by atoms with van der Waals surface area (Å²) in [7, 11) is 0. The molecule has 0 spiro atoms. The summed E-state index contributed by atoms with van der Waals surface area (Å²) < 4.78 is 6.50. The average molecular weight is 218 g/mol. The smallest absolute Gasteiger partial charge is 0.336 e. The SMILES string of the molecule is NC(=O)COc1ncn(-c2ccccc2)n1. The van der Waals surface area contributed by atoms with Crippen LogP contribution >= 0.6 is 0 Å². The second-order valence-electron chi connectivity index (χ2n) is 3.06. The highest BCUT2D eigenvalue weighted by atomic mass is 16.5. The number of nitrogens with two attached hydrogens (primary N) is 1. The Kier molecular flexibility index (Phi) is 2.81. The summed E-state index contributed by atoms with van der Waals surface area (Å²) in [5.74, 6) is -0.559. The van der Waals surface area contributed by atoms with Crippen LogP contribution in [0.1, 0.15) is 0 Å². The van der Waals surface area contributed by atoms with Gasteiger partial charge in [-0.05, 0) is 12.1 Å². The molecule has 0 aliphatic heterocycles. The van der Waals surface area contributed by atoms with E-state index in [1.54, 1.807) is 4.68 Å². The summed E-state index contributed by atoms with van der Waals surface area (Å²) in [6, 6.07) is 9.58. The van der Waals surface area contributed by atoms with Gasteiger partial charge in [0.1, 0.15) is 6.33 Å². The third-order valence-electron chi connectivity index (χ3n) is 1.84. The lowest BCUT2D eigenvalue weighted by Crippen LogP contribution is -2.20. The fourth-order valence-corrected chi connectivity index (χ4v) is 1.15. The molecule has 2 aromatic rings. The summed E-state index contributed by atoms with van der Waals surface area (Å²) >= 11 is 0. The van der Waals surface area contributed by atoms with E-state index in [0.29, 0.717) is 0 Å². The highest BCUT2D eigenvalue weighted by Crippen LogP contribution is 2.07. The number of carbonyl (C=O) groups excluding carboxylic acids is 1. The topological polar surface area (TPSA) is 83.0 Å². The molecule has 6 heteroatoms. The summed E-state index contributed by atoms with van der Waals surface area (Å²) in [6.45, 7) is -0.223. The third-order valence-corrected chi connectivity index (χ3v) is 1.84. The first-order valence-electron chi connectivity index (χ1n) is 4.64. The van der Waals surface area contributed by atoms with Crippen LogP contribution in [0.2, 0.25) is 0 Å². The van der Waals surface area contributed by atoms with Crippen LogP contribution in [0.25, 0.3) is 5.69 Å². The number of rotatable bonds is 4. The quantitative estimate of drug-likeness (QED) is 0.790. The van der Waals surface area contributed by atoms with E-state index >= 15 is 0 Å². The molecule has 1 amide bonds. The summed E-state index contributed by atoms with van der Waals surface area (Å²) in [5.41, 5.74) is 5.80. The van der Waals surface area contributed by atoms with E-state index in [-0.39, 0.29) is 12.6 Å². The zero-order valence-electron chi connectivity index (χ0n) is 8.41. The van der Waals surface area contributed by atoms with Crippen LogP contribution in [-0.4, -0.2) is 27.3 Å². The predicted molar refractivity (Wildman–Crippen MR) is 56.0 cm³/mol. The first-order chi connectivity index (χ1) is 7.75. The summed E-state index contributed by atoms with van der Waals surface area (Å²) in [5, 5.41) is 4.03. The fraction of sp³-hybridized carbons (Fsp3) is 0.100. The van der Waals surface area contributed by atoms with Crippen molar-refractivity contribution in [3.05, 3.63) is 36.7 Å². The van der Waals surface area contributed by atoms with Crippen LogP contribution in [0, 0.1) is 0 Å². The molecule has 0 radical (unpaired) electrons. The monoisotopic (exact) mass is 218 g/mol. The Labute approximate surface area is 91.7 Å². The maximum atomic E-state index is 10.5. The minimum Gasteiger partial charge on any atom is -0.452 e. The number of hydrogen-bond donors (Lipinski definition) is 1. The molecule has 2 N–H and O–H groups in total. The largest absolute Gasteiger partial charge is 0.452 e. The van der Waals surface area contributed by atoms with Crippen LogP contribution in [0.4, 0.5) is 0 Å². The molecule has 0 bridgehead atoms. The molecule has 2 rings (SSSR count). The van der Waals surface area contributed by atoms with Crippen molar-refractivity contribution in [3.8, 4) is 11.7 Å². The molecule has 0 atom stereocenters. The number of para-hydroxylation sites is 1. The van der Waals surface area contributed by atoms with Gasteiger partial charge in [-0.3, -0.25) is 4.79 Å². The molecule has 0 saturated carbocycles. The first-order valence-corrected chi connectivity index (χ1v) is 4.64. The van der Waals surface area contributed by atoms with Crippen molar-refractivity contribution in [2.75, 3.05) is 6.61 Å². The highest BCUT2D eigenvalue weighted by molar-refractivity contribution is 5.75. The van der Waals surface area contributed by atoms with Gasteiger partial charge >= 0.3 is 6.01 Å². The van der Waals surface area contributed by atoms with Gasteiger partial charge in [-0.25, -0.2) is 4.68 Å². The van der Waals surface area contributed by atoms with Gasteiger partial charge in [-0.15, -0.1) is 5.10 Å². The molecular weight excluding hydrogens is 208 g/mol. The van der Waals surface area contributed by atoms with E-state index in [1.807, 2.05) is 30.3 Å². The number of hydrogen-bond acceptors (Lipinski definition) is 4. The van der Waals surface area contributed by atoms with E-state index < -0.39 is 5.91 Å². The van der Waals surface area contributed by atoms with Gasteiger partial charge in [0.2, 0.25) is 0 Å². The van der Waals surface area contributed by atoms with E-state index in [4.69, 9.17) is 10.5 Å². The lowest BCUT2D eigenvalue weighted by molar-refractivity contribution is -0.120. The number of amides is 1. The summed E-state index contributed by atoms with van der Waals surface area (Å²) in [4.78, 5) is 14.4. The van der Waals surface area contributed by atoms with Crippen molar-refractivity contribution in [1.29, 1.82) is 0 Å². The average Bonchev–Trinajstić information content (AvgIpc) is 2.76. The molecule has 1 aromatic heterocycles. The molecule has 0 saturated heterocycles. The van der Waals surface area contributed by atoms with E-state index in [9.17, 15) is 4.79 Å². The molecule has 0 aliphatic rings. The second-order valence-corrected chi connectivity index (χ2v) is 3.06. The number of nitrogens with zero attached hydrogens (tertiary/aromatic N) is 3. The van der Waals surface area contributed by atoms with Crippen LogP contribution in [0.5, 0.6) is 6.01 Å². The third kappa shape index (κ3) is 2.35. The van der Waals surface area contributed by atoms with Gasteiger partial charge in [0, 0.05) is 0 Å². The Balaban J connectivity index is 2.11. The molecule has 0 fully saturated rings. The molecule has 6 nitrogen and oxygen atoms in total. The predicted octanol–water partition coefficient (Wildman–Crippen LogP) is 0.131. The van der Waals surface area contributed by atoms with Gasteiger partial charge in [-0.2, -0.15) is 4.98 Å². The van der Waals surface area contributed by atoms with Crippen molar-refractivity contribution >= 4 is 5.91 Å². The van der Waals surface area contributed by atoms with Crippen LogP contribution < -0.4 is 10.5 Å². The number of aromatic nitrogens is 3. The minimum atomic E-state index is -0.559. The molecule has 82 valence electrons. The van der Waals surface area contributed by atoms with Crippen molar-refractivity contribution in [2.24, 2.45) is 5.73 Å². The number of carbonyl (C=O) groups is 1. The molecule has 0 unspecified atom stereocenters. The van der Waals surface area contributed by atoms with E-state index in [2.05, 4.69) is 10.1 Å². The number of primary amides is 1. The molecule has 0 aliphatic carbocycles.